The number of hydrogen-bond donors (Lipinski definition) is 0. The molecule has 1 aliphatic carbocycles. The van der Waals surface area contributed by atoms with Gasteiger partial charge in [0.05, 0.1) is 0 Å². The fourth-order valence-electron chi connectivity index (χ4n) is 3.59. The minimum absolute atomic E-state index is 0.301. The third-order valence-corrected chi connectivity index (χ3v) is 4.71. The van der Waals surface area contributed by atoms with E-state index in [9.17, 15) is 4.79 Å². The molecule has 0 unspecified atom stereocenters. The first-order chi connectivity index (χ1) is 10.8. The molecule has 0 bridgehead atoms. The van der Waals surface area contributed by atoms with Crippen molar-refractivity contribution in [3.05, 3.63) is 58.0 Å². The van der Waals surface area contributed by atoms with Crippen LogP contribution in [-0.4, -0.2) is 12.0 Å². The number of carbonyl (C=O) groups is 1. The van der Waals surface area contributed by atoms with E-state index >= 15 is 0 Å². The van der Waals surface area contributed by atoms with E-state index in [4.69, 9.17) is 0 Å². The zero-order chi connectivity index (χ0) is 14.7. The molecule has 2 nitrogen and oxygen atoms in total. The lowest BCUT2D eigenvalue weighted by molar-refractivity contribution is -0.117. The van der Waals surface area contributed by atoms with Crippen LogP contribution in [0.25, 0.3) is 33.8 Å². The maximum atomic E-state index is 11.7. The molecule has 3 aromatic carbocycles. The number of fused-ring (bicyclic) bond motifs is 6. The molecule has 0 radical (unpaired) electrons. The highest BCUT2D eigenvalue weighted by Gasteiger charge is 2.13. The third kappa shape index (κ3) is 1.55. The van der Waals surface area contributed by atoms with Crippen LogP contribution in [0.5, 0.6) is 0 Å². The fraction of sp³-hybridized carbons (Fsp3) is 0.100. The van der Waals surface area contributed by atoms with Gasteiger partial charge in [0, 0.05) is 36.0 Å². The maximum absolute atomic E-state index is 11.7. The van der Waals surface area contributed by atoms with E-state index in [1.54, 1.807) is 0 Å². The number of benzene rings is 3. The molecule has 2 aliphatic rings. The molecule has 2 heteroatoms. The van der Waals surface area contributed by atoms with Gasteiger partial charge in [-0.05, 0) is 44.5 Å². The minimum Gasteiger partial charge on any atom is -0.299 e. The van der Waals surface area contributed by atoms with Gasteiger partial charge in [-0.1, -0.05) is 30.3 Å². The Morgan fingerprint density at radius 2 is 1.82 bits per heavy atom. The van der Waals surface area contributed by atoms with Crippen molar-refractivity contribution < 1.29 is 4.79 Å². The van der Waals surface area contributed by atoms with E-state index in [1.807, 2.05) is 12.4 Å². The predicted octanol–water partition coefficient (Wildman–Crippen LogP) is 2.46. The first-order valence-electron chi connectivity index (χ1n) is 7.53. The standard InChI is InChI=1S/C20H13NO/c22-16-4-1-12-7-13-2-5-18-17(19(13)9-15(12)8-16)6-3-14-10-21-11-20(14)18/h1-3,5-7,9-11H,4,8H2. The lowest BCUT2D eigenvalue weighted by Crippen LogP contribution is -2.19. The number of aliphatic imine (C=N–C) groups is 1. The van der Waals surface area contributed by atoms with Crippen molar-refractivity contribution in [2.75, 3.05) is 0 Å². The lowest BCUT2D eigenvalue weighted by atomic mass is 9.92. The summed E-state index contributed by atoms with van der Waals surface area (Å²) in [6, 6.07) is 13.1. The van der Waals surface area contributed by atoms with Gasteiger partial charge < -0.3 is 0 Å². The molecule has 104 valence electrons. The average Bonchev–Trinajstić information content (AvgIpc) is 3.01. The summed E-state index contributed by atoms with van der Waals surface area (Å²) >= 11 is 0. The van der Waals surface area contributed by atoms with Crippen LogP contribution in [0.1, 0.15) is 17.5 Å². The summed E-state index contributed by atoms with van der Waals surface area (Å²) in [5, 5.41) is 7.31. The highest BCUT2D eigenvalue weighted by Crippen LogP contribution is 2.27. The average molecular weight is 283 g/mol. The monoisotopic (exact) mass is 283 g/mol. The van der Waals surface area contributed by atoms with Crippen LogP contribution >= 0.6 is 0 Å². The van der Waals surface area contributed by atoms with Crippen molar-refractivity contribution in [2.24, 2.45) is 4.99 Å². The van der Waals surface area contributed by atoms with Crippen LogP contribution < -0.4 is 10.4 Å². The van der Waals surface area contributed by atoms with Gasteiger partial charge in [-0.25, -0.2) is 0 Å². The van der Waals surface area contributed by atoms with Gasteiger partial charge in [-0.2, -0.15) is 0 Å². The van der Waals surface area contributed by atoms with Crippen LogP contribution in [0.3, 0.4) is 0 Å². The van der Waals surface area contributed by atoms with Crippen LogP contribution in [0.4, 0.5) is 0 Å². The second kappa shape index (κ2) is 4.14. The van der Waals surface area contributed by atoms with Crippen molar-refractivity contribution in [2.45, 2.75) is 12.8 Å². The molecule has 0 saturated heterocycles. The van der Waals surface area contributed by atoms with Crippen LogP contribution in [0.15, 0.2) is 41.4 Å². The molecule has 5 rings (SSSR count). The van der Waals surface area contributed by atoms with Gasteiger partial charge in [0.1, 0.15) is 5.78 Å². The van der Waals surface area contributed by atoms with Gasteiger partial charge in [0.2, 0.25) is 0 Å². The molecule has 0 saturated carbocycles. The molecule has 0 aromatic heterocycles. The Kier molecular flexibility index (Phi) is 2.23. The third-order valence-electron chi connectivity index (χ3n) is 4.71. The van der Waals surface area contributed by atoms with Gasteiger partial charge in [-0.3, -0.25) is 9.79 Å². The minimum atomic E-state index is 0.301. The van der Waals surface area contributed by atoms with Crippen molar-refractivity contribution in [1.29, 1.82) is 0 Å². The summed E-state index contributed by atoms with van der Waals surface area (Å²) < 4.78 is 0. The van der Waals surface area contributed by atoms with E-state index in [2.05, 4.69) is 47.5 Å². The Hall–Kier alpha value is -2.74. The summed E-state index contributed by atoms with van der Waals surface area (Å²) in [4.78, 5) is 16.0. The van der Waals surface area contributed by atoms with E-state index in [-0.39, 0.29) is 0 Å². The van der Waals surface area contributed by atoms with E-state index in [1.165, 1.54) is 37.5 Å². The molecule has 1 heterocycles. The number of hydrogen-bond acceptors (Lipinski definition) is 2. The van der Waals surface area contributed by atoms with Gasteiger partial charge in [0.15, 0.2) is 0 Å². The normalized spacial score (nSPS) is 15.5. The Bertz CT molecular complexity index is 1140. The SMILES string of the molecule is O=C1CC=c2cc3ccc4c5c(ccc4c3cc2C1)=CN=C5. The molecule has 0 amide bonds. The van der Waals surface area contributed by atoms with E-state index < -0.39 is 0 Å². The summed E-state index contributed by atoms with van der Waals surface area (Å²) in [7, 11) is 0. The van der Waals surface area contributed by atoms with Crippen molar-refractivity contribution >= 4 is 45.8 Å². The van der Waals surface area contributed by atoms with E-state index in [0.29, 0.717) is 18.6 Å². The number of Topliss-reactive ketones (excluding diaryl/α,β-unsaturated/α-hetero) is 1. The second-order valence-electron chi connectivity index (χ2n) is 6.03. The molecule has 22 heavy (non-hydrogen) atoms. The first-order valence-corrected chi connectivity index (χ1v) is 7.53. The van der Waals surface area contributed by atoms with Crippen LogP contribution in [0, 0.1) is 0 Å². The van der Waals surface area contributed by atoms with E-state index in [0.717, 1.165) is 5.56 Å². The molecular formula is C20H13NO. The highest BCUT2D eigenvalue weighted by atomic mass is 16.1. The summed E-state index contributed by atoms with van der Waals surface area (Å²) in [6.45, 7) is 0. The number of rotatable bonds is 0. The van der Waals surface area contributed by atoms with Gasteiger partial charge in [-0.15, -0.1) is 0 Å². The number of nitrogens with zero attached hydrogens (tertiary/aromatic N) is 1. The molecule has 1 aliphatic heterocycles. The fourth-order valence-corrected chi connectivity index (χ4v) is 3.59. The zero-order valence-corrected chi connectivity index (χ0v) is 12.0. The summed E-state index contributed by atoms with van der Waals surface area (Å²) in [5.41, 5.74) is 2.34. The smallest absolute Gasteiger partial charge is 0.141 e. The van der Waals surface area contributed by atoms with Gasteiger partial charge >= 0.3 is 0 Å². The lowest BCUT2D eigenvalue weighted by Gasteiger charge is -2.12. The molecule has 0 spiro atoms. The highest BCUT2D eigenvalue weighted by molar-refractivity contribution is 6.13. The first kappa shape index (κ1) is 11.9. The topological polar surface area (TPSA) is 29.4 Å². The summed E-state index contributed by atoms with van der Waals surface area (Å²) in [6.07, 6.45) is 7.00. The maximum Gasteiger partial charge on any atom is 0.141 e. The van der Waals surface area contributed by atoms with Crippen LogP contribution in [-0.2, 0) is 11.2 Å². The van der Waals surface area contributed by atoms with Crippen molar-refractivity contribution in [3.63, 3.8) is 0 Å². The molecule has 0 fully saturated rings. The zero-order valence-electron chi connectivity index (χ0n) is 12.0. The predicted molar refractivity (Wildman–Crippen MR) is 90.6 cm³/mol. The molecule has 3 aromatic rings. The number of carbonyl (C=O) groups excluding carboxylic acids is 1. The molecule has 0 atom stereocenters. The van der Waals surface area contributed by atoms with Crippen LogP contribution in [0.2, 0.25) is 0 Å². The van der Waals surface area contributed by atoms with Crippen molar-refractivity contribution in [1.82, 2.24) is 0 Å². The Balaban J connectivity index is 1.94. The Morgan fingerprint density at radius 3 is 2.77 bits per heavy atom. The number of ketones is 1. The van der Waals surface area contributed by atoms with Crippen molar-refractivity contribution in [3.8, 4) is 0 Å². The molecule has 0 N–H and O–H groups in total. The van der Waals surface area contributed by atoms with Gasteiger partial charge in [0.25, 0.3) is 0 Å². The second-order valence-corrected chi connectivity index (χ2v) is 6.03. The Labute approximate surface area is 127 Å². The Morgan fingerprint density at radius 1 is 0.909 bits per heavy atom. The summed E-state index contributed by atoms with van der Waals surface area (Å²) in [5.74, 6) is 0.301. The largest absolute Gasteiger partial charge is 0.299 e. The molecular weight excluding hydrogens is 270 g/mol. The quantitative estimate of drug-likeness (QED) is 0.583.